The minimum atomic E-state index is -0.214. The molecule has 1 aromatic heterocycles. The third kappa shape index (κ3) is 5.17. The van der Waals surface area contributed by atoms with Gasteiger partial charge >= 0.3 is 0 Å². The second-order valence-electron chi connectivity index (χ2n) is 6.18. The van der Waals surface area contributed by atoms with Gasteiger partial charge in [-0.15, -0.1) is 24.0 Å². The second-order valence-corrected chi connectivity index (χ2v) is 6.18. The Morgan fingerprint density at radius 2 is 2.12 bits per heavy atom. The van der Waals surface area contributed by atoms with Crippen LogP contribution in [0.2, 0.25) is 0 Å². The monoisotopic (exact) mass is 457 g/mol. The number of aryl methyl sites for hydroxylation is 1. The largest absolute Gasteiger partial charge is 0.357 e. The molecule has 1 N–H and O–H groups in total. The Kier molecular flexibility index (Phi) is 7.22. The van der Waals surface area contributed by atoms with E-state index in [9.17, 15) is 4.39 Å². The molecule has 0 amide bonds. The molecule has 1 fully saturated rings. The molecule has 1 atom stereocenters. The van der Waals surface area contributed by atoms with Gasteiger partial charge in [0.05, 0.1) is 12.7 Å². The summed E-state index contributed by atoms with van der Waals surface area (Å²) in [4.78, 5) is 7.01. The van der Waals surface area contributed by atoms with Gasteiger partial charge in [-0.05, 0) is 36.6 Å². The van der Waals surface area contributed by atoms with Crippen molar-refractivity contribution in [1.29, 1.82) is 0 Å². The molecule has 5 nitrogen and oxygen atoms in total. The van der Waals surface area contributed by atoms with E-state index < -0.39 is 0 Å². The molecule has 136 valence electrons. The van der Waals surface area contributed by atoms with Crippen molar-refractivity contribution in [3.63, 3.8) is 0 Å². The minimum absolute atomic E-state index is 0. The Hall–Kier alpha value is -1.64. The smallest absolute Gasteiger partial charge is 0.194 e. The van der Waals surface area contributed by atoms with Crippen LogP contribution in [0.15, 0.2) is 41.7 Å². The van der Waals surface area contributed by atoms with Gasteiger partial charge in [0, 0.05) is 38.8 Å². The van der Waals surface area contributed by atoms with E-state index in [1.807, 2.05) is 17.9 Å². The zero-order valence-electron chi connectivity index (χ0n) is 14.7. The van der Waals surface area contributed by atoms with Crippen molar-refractivity contribution in [2.45, 2.75) is 25.8 Å². The fourth-order valence-electron chi connectivity index (χ4n) is 3.06. The summed E-state index contributed by atoms with van der Waals surface area (Å²) in [7, 11) is 1.95. The Bertz CT molecular complexity index is 698. The zero-order chi connectivity index (χ0) is 16.9. The SMILES string of the molecule is CCNC(=NCc1ccc(F)cc1)N1CCC(c2cnn(C)c2)C1.I. The van der Waals surface area contributed by atoms with Crippen LogP contribution in [0.25, 0.3) is 0 Å². The first-order valence-corrected chi connectivity index (χ1v) is 8.42. The molecule has 0 radical (unpaired) electrons. The molecule has 0 spiro atoms. The van der Waals surface area contributed by atoms with E-state index in [1.54, 1.807) is 12.1 Å². The van der Waals surface area contributed by atoms with Crippen molar-refractivity contribution >= 4 is 29.9 Å². The molecule has 1 aromatic carbocycles. The first-order valence-electron chi connectivity index (χ1n) is 8.42. The van der Waals surface area contributed by atoms with E-state index in [1.165, 1.54) is 17.7 Å². The fourth-order valence-corrected chi connectivity index (χ4v) is 3.06. The van der Waals surface area contributed by atoms with Crippen LogP contribution in [0.1, 0.15) is 30.4 Å². The van der Waals surface area contributed by atoms with Gasteiger partial charge in [-0.3, -0.25) is 4.68 Å². The van der Waals surface area contributed by atoms with Gasteiger partial charge in [-0.2, -0.15) is 5.10 Å². The minimum Gasteiger partial charge on any atom is -0.357 e. The number of nitrogens with one attached hydrogen (secondary N) is 1. The van der Waals surface area contributed by atoms with E-state index in [2.05, 4.69) is 28.4 Å². The lowest BCUT2D eigenvalue weighted by Crippen LogP contribution is -2.40. The average molecular weight is 457 g/mol. The lowest BCUT2D eigenvalue weighted by atomic mass is 10.0. The Balaban J connectivity index is 0.00000225. The summed E-state index contributed by atoms with van der Waals surface area (Å²) in [6.45, 7) is 5.38. The topological polar surface area (TPSA) is 45.5 Å². The van der Waals surface area contributed by atoms with Crippen LogP contribution < -0.4 is 5.32 Å². The molecule has 0 saturated carbocycles. The third-order valence-electron chi connectivity index (χ3n) is 4.34. The van der Waals surface area contributed by atoms with Crippen molar-refractivity contribution < 1.29 is 4.39 Å². The molecular weight excluding hydrogens is 432 g/mol. The third-order valence-corrected chi connectivity index (χ3v) is 4.34. The number of hydrogen-bond acceptors (Lipinski definition) is 2. The van der Waals surface area contributed by atoms with Crippen LogP contribution in [0.3, 0.4) is 0 Å². The van der Waals surface area contributed by atoms with Crippen molar-refractivity contribution in [2.75, 3.05) is 19.6 Å². The van der Waals surface area contributed by atoms with Crippen LogP contribution in [0, 0.1) is 5.82 Å². The number of benzene rings is 1. The highest BCUT2D eigenvalue weighted by Crippen LogP contribution is 2.26. The number of guanidine groups is 1. The molecule has 2 aromatic rings. The van der Waals surface area contributed by atoms with Crippen LogP contribution in [0.4, 0.5) is 4.39 Å². The standard InChI is InChI=1S/C18H24FN5.HI/c1-3-20-18(21-10-14-4-6-17(19)7-5-14)24-9-8-15(13-24)16-11-22-23(2)12-16;/h4-7,11-12,15H,3,8-10,13H2,1-2H3,(H,20,21);1H. The number of aliphatic imine (C=N–C) groups is 1. The summed E-state index contributed by atoms with van der Waals surface area (Å²) >= 11 is 0. The van der Waals surface area contributed by atoms with Crippen molar-refractivity contribution in [3.8, 4) is 0 Å². The predicted octanol–water partition coefficient (Wildman–Crippen LogP) is 3.13. The van der Waals surface area contributed by atoms with Crippen molar-refractivity contribution in [1.82, 2.24) is 20.0 Å². The molecule has 7 heteroatoms. The van der Waals surface area contributed by atoms with E-state index in [-0.39, 0.29) is 29.8 Å². The van der Waals surface area contributed by atoms with E-state index in [0.29, 0.717) is 12.5 Å². The maximum Gasteiger partial charge on any atom is 0.194 e. The van der Waals surface area contributed by atoms with Crippen LogP contribution in [-0.2, 0) is 13.6 Å². The van der Waals surface area contributed by atoms with E-state index in [4.69, 9.17) is 4.99 Å². The summed E-state index contributed by atoms with van der Waals surface area (Å²) in [6, 6.07) is 6.52. The molecule has 1 unspecified atom stereocenters. The molecule has 2 heterocycles. The van der Waals surface area contributed by atoms with Crippen LogP contribution in [0.5, 0.6) is 0 Å². The Morgan fingerprint density at radius 3 is 2.76 bits per heavy atom. The van der Waals surface area contributed by atoms with Gasteiger partial charge in [0.1, 0.15) is 5.82 Å². The maximum atomic E-state index is 13.0. The predicted molar refractivity (Wildman–Crippen MR) is 109 cm³/mol. The molecule has 0 aliphatic carbocycles. The van der Waals surface area contributed by atoms with Gasteiger partial charge in [-0.25, -0.2) is 9.38 Å². The quantitative estimate of drug-likeness (QED) is 0.436. The van der Waals surface area contributed by atoms with Gasteiger partial charge < -0.3 is 10.2 Å². The average Bonchev–Trinajstić information content (AvgIpc) is 3.22. The summed E-state index contributed by atoms with van der Waals surface area (Å²) in [5.74, 6) is 1.20. The normalized spacial score (nSPS) is 17.5. The number of aromatic nitrogens is 2. The number of nitrogens with zero attached hydrogens (tertiary/aromatic N) is 4. The van der Waals surface area contributed by atoms with Gasteiger partial charge in [0.2, 0.25) is 0 Å². The highest BCUT2D eigenvalue weighted by molar-refractivity contribution is 14.0. The molecule has 1 aliphatic heterocycles. The second kappa shape index (κ2) is 9.17. The molecule has 1 aliphatic rings. The first-order chi connectivity index (χ1) is 11.7. The van der Waals surface area contributed by atoms with Crippen LogP contribution >= 0.6 is 24.0 Å². The van der Waals surface area contributed by atoms with Crippen LogP contribution in [-0.4, -0.2) is 40.3 Å². The lowest BCUT2D eigenvalue weighted by Gasteiger charge is -2.21. The highest BCUT2D eigenvalue weighted by Gasteiger charge is 2.26. The maximum absolute atomic E-state index is 13.0. The first kappa shape index (κ1) is 19.7. The molecule has 25 heavy (non-hydrogen) atoms. The van der Waals surface area contributed by atoms with Gasteiger partial charge in [0.25, 0.3) is 0 Å². The number of likely N-dealkylation sites (tertiary alicyclic amines) is 1. The summed E-state index contributed by atoms with van der Waals surface area (Å²) < 4.78 is 14.8. The number of hydrogen-bond donors (Lipinski definition) is 1. The zero-order valence-corrected chi connectivity index (χ0v) is 17.0. The molecular formula is C18H25FIN5. The Labute approximate surface area is 165 Å². The summed E-state index contributed by atoms with van der Waals surface area (Å²) in [5, 5.41) is 7.64. The number of rotatable bonds is 4. The Morgan fingerprint density at radius 1 is 1.36 bits per heavy atom. The summed E-state index contributed by atoms with van der Waals surface area (Å²) in [5.41, 5.74) is 2.30. The van der Waals surface area contributed by atoms with E-state index >= 15 is 0 Å². The van der Waals surface area contributed by atoms with Crippen molar-refractivity contribution in [3.05, 3.63) is 53.6 Å². The lowest BCUT2D eigenvalue weighted by molar-refractivity contribution is 0.486. The number of halogens is 2. The highest BCUT2D eigenvalue weighted by atomic mass is 127. The molecule has 1 saturated heterocycles. The van der Waals surface area contributed by atoms with Gasteiger partial charge in [-0.1, -0.05) is 12.1 Å². The van der Waals surface area contributed by atoms with E-state index in [0.717, 1.165) is 37.6 Å². The summed E-state index contributed by atoms with van der Waals surface area (Å²) in [6.07, 6.45) is 5.15. The molecule has 0 bridgehead atoms. The molecule has 3 rings (SSSR count). The fraction of sp³-hybridized carbons (Fsp3) is 0.444. The van der Waals surface area contributed by atoms with Crippen molar-refractivity contribution in [2.24, 2.45) is 12.0 Å². The van der Waals surface area contributed by atoms with Gasteiger partial charge in [0.15, 0.2) is 5.96 Å².